The lowest BCUT2D eigenvalue weighted by Crippen LogP contribution is -2.18. The molecule has 0 aliphatic heterocycles. The Morgan fingerprint density at radius 2 is 0.968 bits per heavy atom. The average molecular weight is 435 g/mol. The van der Waals surface area contributed by atoms with Crippen LogP contribution in [-0.2, 0) is 10.8 Å². The van der Waals surface area contributed by atoms with Gasteiger partial charge in [-0.2, -0.15) is 0 Å². The largest absolute Gasteiger partial charge is 0.321 e. The van der Waals surface area contributed by atoms with Crippen LogP contribution in [0.3, 0.4) is 0 Å². The third kappa shape index (κ3) is 5.42. The minimum atomic E-state index is -0.212. The van der Waals surface area contributed by atoms with Gasteiger partial charge in [0.25, 0.3) is 11.8 Å². The zero-order valence-corrected chi connectivity index (χ0v) is 19.8. The number of para-hydroxylation sites is 2. The zero-order chi connectivity index (χ0) is 22.8. The predicted molar refractivity (Wildman–Crippen MR) is 131 cm³/mol. The van der Waals surface area contributed by atoms with Gasteiger partial charge in [0, 0.05) is 11.4 Å². The number of benzene rings is 2. The average Bonchev–Trinajstić information content (AvgIpc) is 3.18. The van der Waals surface area contributed by atoms with Gasteiger partial charge >= 0.3 is 0 Å². The first-order chi connectivity index (χ1) is 14.5. The normalized spacial score (nSPS) is 11.8. The van der Waals surface area contributed by atoms with Crippen molar-refractivity contribution in [2.24, 2.45) is 0 Å². The van der Waals surface area contributed by atoms with E-state index in [9.17, 15) is 9.59 Å². The summed E-state index contributed by atoms with van der Waals surface area (Å²) in [6.45, 7) is 12.7. The molecule has 3 rings (SSSR count). The molecule has 4 nitrogen and oxygen atoms in total. The van der Waals surface area contributed by atoms with Gasteiger partial charge in [0.1, 0.15) is 0 Å². The van der Waals surface area contributed by atoms with Gasteiger partial charge in [0.15, 0.2) is 0 Å². The Morgan fingerprint density at radius 1 is 0.613 bits per heavy atom. The van der Waals surface area contributed by atoms with Crippen LogP contribution < -0.4 is 10.6 Å². The van der Waals surface area contributed by atoms with Gasteiger partial charge in [-0.25, -0.2) is 0 Å². The molecular formula is C26H30N2O2S. The molecule has 1 heterocycles. The lowest BCUT2D eigenvalue weighted by atomic mass is 9.86. The second-order valence-corrected chi connectivity index (χ2v) is 10.7. The van der Waals surface area contributed by atoms with Gasteiger partial charge in [-0.3, -0.25) is 9.59 Å². The smallest absolute Gasteiger partial charge is 0.265 e. The van der Waals surface area contributed by atoms with Crippen LogP contribution in [0.1, 0.15) is 72.0 Å². The fraction of sp³-hybridized carbons (Fsp3) is 0.308. The van der Waals surface area contributed by atoms with Crippen LogP contribution in [0, 0.1) is 0 Å². The summed E-state index contributed by atoms with van der Waals surface area (Å²) >= 11 is 1.19. The number of carbonyl (C=O) groups is 2. The Bertz CT molecular complexity index is 1010. The first-order valence-corrected chi connectivity index (χ1v) is 11.2. The van der Waals surface area contributed by atoms with Crippen molar-refractivity contribution in [2.45, 2.75) is 52.4 Å². The van der Waals surface area contributed by atoms with Crippen LogP contribution in [0.15, 0.2) is 60.7 Å². The van der Waals surface area contributed by atoms with Gasteiger partial charge in [0.05, 0.1) is 9.75 Å². The van der Waals surface area contributed by atoms with E-state index in [2.05, 4.69) is 52.2 Å². The van der Waals surface area contributed by atoms with Crippen molar-refractivity contribution in [3.63, 3.8) is 0 Å². The van der Waals surface area contributed by atoms with Gasteiger partial charge in [-0.1, -0.05) is 77.9 Å². The lowest BCUT2D eigenvalue weighted by Gasteiger charge is -2.23. The van der Waals surface area contributed by atoms with Gasteiger partial charge in [0.2, 0.25) is 0 Å². The summed E-state index contributed by atoms with van der Waals surface area (Å²) in [5.74, 6) is -0.424. The molecule has 0 fully saturated rings. The van der Waals surface area contributed by atoms with E-state index in [1.165, 1.54) is 11.3 Å². The third-order valence-corrected chi connectivity index (χ3v) is 6.10. The Balaban J connectivity index is 1.77. The summed E-state index contributed by atoms with van der Waals surface area (Å²) in [4.78, 5) is 26.7. The minimum absolute atomic E-state index is 0.0924. The quantitative estimate of drug-likeness (QED) is 0.472. The molecular weight excluding hydrogens is 404 g/mol. The van der Waals surface area contributed by atoms with E-state index in [1.54, 1.807) is 12.1 Å². The summed E-state index contributed by atoms with van der Waals surface area (Å²) in [5, 5.41) is 6.01. The maximum atomic E-state index is 12.8. The van der Waals surface area contributed by atoms with E-state index >= 15 is 0 Å². The van der Waals surface area contributed by atoms with Crippen LogP contribution in [-0.4, -0.2) is 11.8 Å². The Kier molecular flexibility index (Phi) is 6.37. The molecule has 2 N–H and O–H groups in total. The van der Waals surface area contributed by atoms with E-state index in [0.717, 1.165) is 22.5 Å². The molecule has 3 aromatic rings. The number of amides is 2. The number of hydrogen-bond acceptors (Lipinski definition) is 3. The highest BCUT2D eigenvalue weighted by Crippen LogP contribution is 2.31. The Morgan fingerprint density at radius 3 is 1.32 bits per heavy atom. The second kappa shape index (κ2) is 8.67. The van der Waals surface area contributed by atoms with Crippen LogP contribution in [0.5, 0.6) is 0 Å². The summed E-state index contributed by atoms with van der Waals surface area (Å²) in [7, 11) is 0. The summed E-state index contributed by atoms with van der Waals surface area (Å²) in [6, 6.07) is 19.0. The number of rotatable bonds is 4. The molecule has 31 heavy (non-hydrogen) atoms. The van der Waals surface area contributed by atoms with Crippen molar-refractivity contribution in [1.82, 2.24) is 0 Å². The van der Waals surface area contributed by atoms with Gasteiger partial charge in [-0.15, -0.1) is 11.3 Å². The molecule has 5 heteroatoms. The molecule has 0 spiro atoms. The number of anilines is 2. The molecule has 0 unspecified atom stereocenters. The highest BCUT2D eigenvalue weighted by Gasteiger charge is 2.22. The van der Waals surface area contributed by atoms with Crippen LogP contribution in [0.25, 0.3) is 0 Å². The Hall–Kier alpha value is -2.92. The first-order valence-electron chi connectivity index (χ1n) is 10.4. The van der Waals surface area contributed by atoms with E-state index < -0.39 is 0 Å². The monoisotopic (exact) mass is 434 g/mol. The predicted octanol–water partition coefficient (Wildman–Crippen LogP) is 6.85. The van der Waals surface area contributed by atoms with Gasteiger partial charge in [-0.05, 0) is 46.2 Å². The molecule has 0 aliphatic carbocycles. The first kappa shape index (κ1) is 22.8. The molecule has 162 valence electrons. The molecule has 2 aromatic carbocycles. The molecule has 0 bridgehead atoms. The molecule has 0 radical (unpaired) electrons. The molecule has 0 saturated carbocycles. The van der Waals surface area contributed by atoms with E-state index in [1.807, 2.05) is 48.5 Å². The maximum absolute atomic E-state index is 12.8. The zero-order valence-electron chi connectivity index (χ0n) is 19.0. The Labute approximate surface area is 188 Å². The van der Waals surface area contributed by atoms with Gasteiger partial charge < -0.3 is 10.6 Å². The van der Waals surface area contributed by atoms with Crippen LogP contribution >= 0.6 is 11.3 Å². The van der Waals surface area contributed by atoms with E-state index in [-0.39, 0.29) is 22.6 Å². The summed E-state index contributed by atoms with van der Waals surface area (Å²) in [5.41, 5.74) is 3.53. The fourth-order valence-corrected chi connectivity index (χ4v) is 4.24. The van der Waals surface area contributed by atoms with Crippen LogP contribution in [0.4, 0.5) is 11.4 Å². The number of thiophene rings is 1. The van der Waals surface area contributed by atoms with E-state index in [0.29, 0.717) is 9.75 Å². The molecule has 0 atom stereocenters. The fourth-order valence-electron chi connectivity index (χ4n) is 3.44. The van der Waals surface area contributed by atoms with E-state index in [4.69, 9.17) is 0 Å². The molecule has 0 saturated heterocycles. The second-order valence-electron chi connectivity index (χ2n) is 9.66. The van der Waals surface area contributed by atoms with Crippen molar-refractivity contribution in [2.75, 3.05) is 10.6 Å². The minimum Gasteiger partial charge on any atom is -0.321 e. The van der Waals surface area contributed by atoms with Crippen molar-refractivity contribution in [1.29, 1.82) is 0 Å². The third-order valence-electron chi connectivity index (χ3n) is 5.02. The number of carbonyl (C=O) groups excluding carboxylic acids is 2. The molecule has 0 aliphatic rings. The highest BCUT2D eigenvalue weighted by atomic mass is 32.1. The molecule has 2 amide bonds. The molecule has 1 aromatic heterocycles. The van der Waals surface area contributed by atoms with Crippen molar-refractivity contribution < 1.29 is 9.59 Å². The number of hydrogen-bond donors (Lipinski definition) is 2. The lowest BCUT2D eigenvalue weighted by molar-refractivity contribution is 0.102. The van der Waals surface area contributed by atoms with Crippen LogP contribution in [0.2, 0.25) is 0 Å². The maximum Gasteiger partial charge on any atom is 0.265 e. The summed E-state index contributed by atoms with van der Waals surface area (Å²) in [6.07, 6.45) is 0. The summed E-state index contributed by atoms with van der Waals surface area (Å²) < 4.78 is 0. The standard InChI is InChI=1S/C26H30N2O2S/c1-25(2,3)17-11-7-9-13-19(17)27-23(29)21-15-16-22(31-21)24(30)28-20-14-10-8-12-18(20)26(4,5)6/h7-16H,1-6H3,(H,27,29)(H,28,30). The highest BCUT2D eigenvalue weighted by molar-refractivity contribution is 7.16. The SMILES string of the molecule is CC(C)(C)c1ccccc1NC(=O)c1ccc(C(=O)Nc2ccccc2C(C)(C)C)s1. The topological polar surface area (TPSA) is 58.2 Å². The van der Waals surface area contributed by atoms with Crippen molar-refractivity contribution in [3.8, 4) is 0 Å². The van der Waals surface area contributed by atoms with Crippen molar-refractivity contribution in [3.05, 3.63) is 81.5 Å². The van der Waals surface area contributed by atoms with Crippen molar-refractivity contribution >= 4 is 34.5 Å². The number of nitrogens with one attached hydrogen (secondary N) is 2.